The Bertz CT molecular complexity index is 930. The second-order valence-corrected chi connectivity index (χ2v) is 7.37. The van der Waals surface area contributed by atoms with Gasteiger partial charge >= 0.3 is 0 Å². The predicted octanol–water partition coefficient (Wildman–Crippen LogP) is 4.81. The highest BCUT2D eigenvalue weighted by Gasteiger charge is 2.37. The molecule has 3 aromatic rings. The third-order valence-corrected chi connectivity index (χ3v) is 5.55. The molecule has 1 aliphatic heterocycles. The van der Waals surface area contributed by atoms with E-state index in [2.05, 4.69) is 59.8 Å². The first-order valence-electron chi connectivity index (χ1n) is 8.68. The molecule has 0 amide bonds. The van der Waals surface area contributed by atoms with Gasteiger partial charge in [-0.25, -0.2) is 0 Å². The van der Waals surface area contributed by atoms with Crippen molar-refractivity contribution < 1.29 is 0 Å². The van der Waals surface area contributed by atoms with Crippen molar-refractivity contribution in [3.63, 3.8) is 0 Å². The number of pyridine rings is 1. The van der Waals surface area contributed by atoms with Crippen LogP contribution in [0.3, 0.4) is 0 Å². The van der Waals surface area contributed by atoms with E-state index in [0.717, 1.165) is 41.3 Å². The van der Waals surface area contributed by atoms with Gasteiger partial charge in [0.25, 0.3) is 0 Å². The maximum atomic E-state index is 6.39. The van der Waals surface area contributed by atoms with Crippen molar-refractivity contribution in [2.45, 2.75) is 25.8 Å². The standard InChI is InChI=1S/C21H22ClN3/c1-14-10-16-6-7-17(11-20(16)24-12-14)25-21(8-9-23-13-21)18-4-3-5-19(22)15(18)2/h3-7,10-12,23,25H,8-9,13H2,1-2H3/t21-/m0/s1. The smallest absolute Gasteiger partial charge is 0.0764 e. The van der Waals surface area contributed by atoms with Crippen molar-refractivity contribution >= 4 is 28.2 Å². The molecule has 0 radical (unpaired) electrons. The summed E-state index contributed by atoms with van der Waals surface area (Å²) in [5, 5.41) is 9.28. The number of aromatic nitrogens is 1. The van der Waals surface area contributed by atoms with Crippen LogP contribution in [0.4, 0.5) is 5.69 Å². The molecule has 4 heteroatoms. The summed E-state index contributed by atoms with van der Waals surface area (Å²) >= 11 is 6.39. The van der Waals surface area contributed by atoms with Gasteiger partial charge < -0.3 is 10.6 Å². The molecule has 3 nitrogen and oxygen atoms in total. The maximum absolute atomic E-state index is 6.39. The van der Waals surface area contributed by atoms with Crippen LogP contribution in [-0.2, 0) is 5.54 Å². The zero-order valence-electron chi connectivity index (χ0n) is 14.6. The fraction of sp³-hybridized carbons (Fsp3) is 0.286. The SMILES string of the molecule is Cc1cnc2cc(N[C@@]3(c4cccc(Cl)c4C)CCNC3)ccc2c1. The minimum absolute atomic E-state index is 0.145. The topological polar surface area (TPSA) is 37.0 Å². The number of aryl methyl sites for hydroxylation is 1. The van der Waals surface area contributed by atoms with Crippen LogP contribution in [0.5, 0.6) is 0 Å². The van der Waals surface area contributed by atoms with E-state index in [1.54, 1.807) is 0 Å². The molecule has 1 aromatic heterocycles. The van der Waals surface area contributed by atoms with Gasteiger partial charge in [-0.3, -0.25) is 4.98 Å². The fourth-order valence-corrected chi connectivity index (χ4v) is 3.98. The van der Waals surface area contributed by atoms with Crippen molar-refractivity contribution in [3.05, 3.63) is 70.4 Å². The predicted molar refractivity (Wildman–Crippen MR) is 105 cm³/mol. The van der Waals surface area contributed by atoms with Crippen LogP contribution < -0.4 is 10.6 Å². The summed E-state index contributed by atoms with van der Waals surface area (Å²) in [6, 6.07) is 14.8. The minimum Gasteiger partial charge on any atom is -0.374 e. The largest absolute Gasteiger partial charge is 0.374 e. The van der Waals surface area contributed by atoms with Crippen molar-refractivity contribution in [1.29, 1.82) is 0 Å². The molecular formula is C21H22ClN3. The molecular weight excluding hydrogens is 330 g/mol. The van der Waals surface area contributed by atoms with Gasteiger partial charge in [0.05, 0.1) is 11.1 Å². The van der Waals surface area contributed by atoms with Gasteiger partial charge in [0.15, 0.2) is 0 Å². The van der Waals surface area contributed by atoms with Gasteiger partial charge in [-0.2, -0.15) is 0 Å². The Balaban J connectivity index is 1.75. The summed E-state index contributed by atoms with van der Waals surface area (Å²) in [4.78, 5) is 4.57. The van der Waals surface area contributed by atoms with Gasteiger partial charge in [0, 0.05) is 28.8 Å². The lowest BCUT2D eigenvalue weighted by Gasteiger charge is -2.33. The van der Waals surface area contributed by atoms with E-state index < -0.39 is 0 Å². The Morgan fingerprint density at radius 1 is 1.16 bits per heavy atom. The third-order valence-electron chi connectivity index (χ3n) is 5.14. The molecule has 0 saturated carbocycles. The highest BCUT2D eigenvalue weighted by Crippen LogP contribution is 2.36. The number of hydrogen-bond acceptors (Lipinski definition) is 3. The zero-order valence-corrected chi connectivity index (χ0v) is 15.3. The van der Waals surface area contributed by atoms with Gasteiger partial charge in [-0.1, -0.05) is 29.8 Å². The van der Waals surface area contributed by atoms with Crippen LogP contribution in [0.25, 0.3) is 10.9 Å². The molecule has 0 spiro atoms. The first kappa shape index (κ1) is 16.4. The third kappa shape index (κ3) is 2.99. The molecule has 1 saturated heterocycles. The molecule has 1 atom stereocenters. The van der Waals surface area contributed by atoms with E-state index in [4.69, 9.17) is 11.6 Å². The highest BCUT2D eigenvalue weighted by atomic mass is 35.5. The number of hydrogen-bond donors (Lipinski definition) is 2. The quantitative estimate of drug-likeness (QED) is 0.711. The van der Waals surface area contributed by atoms with Crippen LogP contribution in [0, 0.1) is 13.8 Å². The van der Waals surface area contributed by atoms with Crippen molar-refractivity contribution in [1.82, 2.24) is 10.3 Å². The lowest BCUT2D eigenvalue weighted by Crippen LogP contribution is -2.38. The molecule has 2 N–H and O–H groups in total. The highest BCUT2D eigenvalue weighted by molar-refractivity contribution is 6.31. The first-order valence-corrected chi connectivity index (χ1v) is 9.06. The minimum atomic E-state index is -0.145. The molecule has 4 rings (SSSR count). The molecule has 128 valence electrons. The number of fused-ring (bicyclic) bond motifs is 1. The van der Waals surface area contributed by atoms with E-state index in [1.807, 2.05) is 18.3 Å². The van der Waals surface area contributed by atoms with Gasteiger partial charge in [0.1, 0.15) is 0 Å². The summed E-state index contributed by atoms with van der Waals surface area (Å²) in [6.45, 7) is 6.04. The Kier molecular flexibility index (Phi) is 4.14. The van der Waals surface area contributed by atoms with Crippen LogP contribution in [-0.4, -0.2) is 18.1 Å². The van der Waals surface area contributed by atoms with Gasteiger partial charge in [-0.15, -0.1) is 0 Å². The molecule has 2 aromatic carbocycles. The molecule has 1 fully saturated rings. The lowest BCUT2D eigenvalue weighted by molar-refractivity contribution is 0.539. The van der Waals surface area contributed by atoms with E-state index in [0.29, 0.717) is 0 Å². The summed E-state index contributed by atoms with van der Waals surface area (Å²) in [5.41, 5.74) is 5.55. The molecule has 1 aliphatic rings. The van der Waals surface area contributed by atoms with Crippen LogP contribution in [0.2, 0.25) is 5.02 Å². The Morgan fingerprint density at radius 2 is 2.04 bits per heavy atom. The Labute approximate surface area is 153 Å². The lowest BCUT2D eigenvalue weighted by atomic mass is 9.85. The summed E-state index contributed by atoms with van der Waals surface area (Å²) < 4.78 is 0. The maximum Gasteiger partial charge on any atom is 0.0764 e. The van der Waals surface area contributed by atoms with Gasteiger partial charge in [-0.05, 0) is 67.8 Å². The fourth-order valence-electron chi connectivity index (χ4n) is 3.81. The number of halogens is 1. The Hall–Kier alpha value is -2.10. The van der Waals surface area contributed by atoms with Crippen molar-refractivity contribution in [2.75, 3.05) is 18.4 Å². The summed E-state index contributed by atoms with van der Waals surface area (Å²) in [7, 11) is 0. The van der Waals surface area contributed by atoms with Crippen LogP contribution in [0.15, 0.2) is 48.7 Å². The molecule has 2 heterocycles. The van der Waals surface area contributed by atoms with E-state index >= 15 is 0 Å². The van der Waals surface area contributed by atoms with E-state index in [-0.39, 0.29) is 5.54 Å². The van der Waals surface area contributed by atoms with Crippen LogP contribution in [0.1, 0.15) is 23.1 Å². The average Bonchev–Trinajstić information content (AvgIpc) is 3.07. The number of benzene rings is 2. The molecule has 25 heavy (non-hydrogen) atoms. The Morgan fingerprint density at radius 3 is 2.84 bits per heavy atom. The number of rotatable bonds is 3. The monoisotopic (exact) mass is 351 g/mol. The number of anilines is 1. The molecule has 0 unspecified atom stereocenters. The number of nitrogens with one attached hydrogen (secondary N) is 2. The molecule has 0 bridgehead atoms. The summed E-state index contributed by atoms with van der Waals surface area (Å²) in [6.07, 6.45) is 2.94. The molecule has 0 aliphatic carbocycles. The van der Waals surface area contributed by atoms with Crippen LogP contribution >= 0.6 is 11.6 Å². The second kappa shape index (κ2) is 6.32. The second-order valence-electron chi connectivity index (χ2n) is 6.97. The van der Waals surface area contributed by atoms with Crippen molar-refractivity contribution in [3.8, 4) is 0 Å². The summed E-state index contributed by atoms with van der Waals surface area (Å²) in [5.74, 6) is 0. The van der Waals surface area contributed by atoms with Gasteiger partial charge in [0.2, 0.25) is 0 Å². The van der Waals surface area contributed by atoms with E-state index in [1.165, 1.54) is 16.5 Å². The van der Waals surface area contributed by atoms with Crippen molar-refractivity contribution in [2.24, 2.45) is 0 Å². The number of nitrogens with zero attached hydrogens (tertiary/aromatic N) is 1. The zero-order chi connectivity index (χ0) is 17.4. The van der Waals surface area contributed by atoms with E-state index in [9.17, 15) is 0 Å². The first-order chi connectivity index (χ1) is 12.1. The normalized spacial score (nSPS) is 20.1. The average molecular weight is 352 g/mol.